The number of nitrogens with one attached hydrogen (secondary N) is 1. The summed E-state index contributed by atoms with van der Waals surface area (Å²) in [7, 11) is 1.42. The van der Waals surface area contributed by atoms with Gasteiger partial charge >= 0.3 is 5.97 Å². The van der Waals surface area contributed by atoms with Gasteiger partial charge in [0.1, 0.15) is 11.0 Å². The third kappa shape index (κ3) is 3.48. The Hall–Kier alpha value is -2.89. The Labute approximate surface area is 134 Å². The first-order valence-corrected chi connectivity index (χ1v) is 7.05. The molecule has 1 heterocycles. The zero-order chi connectivity index (χ0) is 16.9. The predicted octanol–water partition coefficient (Wildman–Crippen LogP) is 1.86. The molecule has 6 heteroatoms. The van der Waals surface area contributed by atoms with Crippen molar-refractivity contribution in [3.63, 3.8) is 0 Å². The molecule has 120 valence electrons. The summed E-state index contributed by atoms with van der Waals surface area (Å²) >= 11 is 0. The zero-order valence-electron chi connectivity index (χ0n) is 12.9. The number of rotatable bonds is 6. The van der Waals surface area contributed by atoms with Crippen LogP contribution in [0.5, 0.6) is 5.88 Å². The molecule has 1 amide bonds. The molecule has 2 N–H and O–H groups in total. The summed E-state index contributed by atoms with van der Waals surface area (Å²) in [5.41, 5.74) is -0.353. The van der Waals surface area contributed by atoms with Gasteiger partial charge in [0.15, 0.2) is 0 Å². The number of pyridine rings is 1. The largest absolute Gasteiger partial charge is 0.481 e. The van der Waals surface area contributed by atoms with Gasteiger partial charge in [0.25, 0.3) is 5.91 Å². The van der Waals surface area contributed by atoms with E-state index in [4.69, 9.17) is 4.74 Å². The predicted molar refractivity (Wildman–Crippen MR) is 84.6 cm³/mol. The minimum Gasteiger partial charge on any atom is -0.481 e. The van der Waals surface area contributed by atoms with E-state index in [0.717, 1.165) is 0 Å². The van der Waals surface area contributed by atoms with E-state index in [2.05, 4.69) is 10.3 Å². The first kappa shape index (κ1) is 16.5. The van der Waals surface area contributed by atoms with Gasteiger partial charge in [-0.25, -0.2) is 4.98 Å². The van der Waals surface area contributed by atoms with Crippen molar-refractivity contribution < 1.29 is 19.4 Å². The van der Waals surface area contributed by atoms with Crippen LogP contribution in [0.1, 0.15) is 22.8 Å². The quantitative estimate of drug-likeness (QED) is 0.849. The molecular weight excluding hydrogens is 296 g/mol. The number of hydrogen-bond donors (Lipinski definition) is 2. The molecular formula is C17H18N2O4. The van der Waals surface area contributed by atoms with E-state index in [-0.39, 0.29) is 18.0 Å². The topological polar surface area (TPSA) is 88.5 Å². The van der Waals surface area contributed by atoms with Gasteiger partial charge < -0.3 is 15.2 Å². The van der Waals surface area contributed by atoms with Crippen LogP contribution in [0.15, 0.2) is 48.7 Å². The third-order valence-corrected chi connectivity index (χ3v) is 3.69. The smallest absolute Gasteiger partial charge is 0.315 e. The molecule has 0 aliphatic heterocycles. The second-order valence-electron chi connectivity index (χ2n) is 5.25. The maximum atomic E-state index is 12.3. The Balaban J connectivity index is 2.20. The normalized spacial score (nSPS) is 13.0. The number of aromatic nitrogens is 1. The molecule has 0 saturated heterocycles. The maximum absolute atomic E-state index is 12.3. The number of ether oxygens (including phenoxy) is 1. The van der Waals surface area contributed by atoms with Crippen LogP contribution in [0.25, 0.3) is 0 Å². The molecule has 0 aliphatic rings. The van der Waals surface area contributed by atoms with Gasteiger partial charge in [-0.3, -0.25) is 9.59 Å². The van der Waals surface area contributed by atoms with Crippen LogP contribution >= 0.6 is 0 Å². The number of methoxy groups -OCH3 is 1. The molecule has 1 atom stereocenters. The lowest BCUT2D eigenvalue weighted by atomic mass is 9.82. The molecule has 2 rings (SSSR count). The van der Waals surface area contributed by atoms with E-state index in [1.807, 2.05) is 6.07 Å². The standard InChI is InChI=1S/C17H18N2O4/c1-17(16(21)22,12-7-4-3-5-8-12)11-19-14(20)13-9-6-10-18-15(13)23-2/h3-10H,11H2,1-2H3,(H,19,20)(H,21,22). The van der Waals surface area contributed by atoms with Gasteiger partial charge in [0, 0.05) is 12.7 Å². The fraction of sp³-hybridized carbons (Fsp3) is 0.235. The Kier molecular flexibility index (Phi) is 4.95. The molecule has 0 spiro atoms. The van der Waals surface area contributed by atoms with Gasteiger partial charge in [-0.1, -0.05) is 30.3 Å². The minimum absolute atomic E-state index is 0.0524. The fourth-order valence-corrected chi connectivity index (χ4v) is 2.19. The lowest BCUT2D eigenvalue weighted by Crippen LogP contribution is -2.44. The van der Waals surface area contributed by atoms with Gasteiger partial charge in [0.05, 0.1) is 7.11 Å². The first-order chi connectivity index (χ1) is 11.0. The van der Waals surface area contributed by atoms with E-state index < -0.39 is 17.3 Å². The molecule has 6 nitrogen and oxygen atoms in total. The Bertz CT molecular complexity index is 703. The van der Waals surface area contributed by atoms with Crippen LogP contribution in [0.4, 0.5) is 0 Å². The molecule has 0 bridgehead atoms. The molecule has 0 fully saturated rings. The minimum atomic E-state index is -1.23. The van der Waals surface area contributed by atoms with E-state index in [1.54, 1.807) is 43.3 Å². The van der Waals surface area contributed by atoms with Gasteiger partial charge in [-0.2, -0.15) is 0 Å². The van der Waals surface area contributed by atoms with E-state index >= 15 is 0 Å². The van der Waals surface area contributed by atoms with Crippen molar-refractivity contribution in [1.29, 1.82) is 0 Å². The Morgan fingerprint density at radius 1 is 1.22 bits per heavy atom. The molecule has 1 aromatic heterocycles. The summed E-state index contributed by atoms with van der Waals surface area (Å²) in [5, 5.41) is 12.2. The lowest BCUT2D eigenvalue weighted by Gasteiger charge is -2.25. The fourth-order valence-electron chi connectivity index (χ4n) is 2.19. The number of benzene rings is 1. The van der Waals surface area contributed by atoms with Crippen LogP contribution < -0.4 is 10.1 Å². The average Bonchev–Trinajstić information content (AvgIpc) is 2.59. The highest BCUT2D eigenvalue weighted by molar-refractivity contribution is 5.96. The second kappa shape index (κ2) is 6.91. The highest BCUT2D eigenvalue weighted by Crippen LogP contribution is 2.23. The van der Waals surface area contributed by atoms with Crippen LogP contribution in [-0.2, 0) is 10.2 Å². The van der Waals surface area contributed by atoms with Crippen molar-refractivity contribution in [3.8, 4) is 5.88 Å². The zero-order valence-corrected chi connectivity index (χ0v) is 12.9. The van der Waals surface area contributed by atoms with E-state index in [1.165, 1.54) is 13.3 Å². The molecule has 23 heavy (non-hydrogen) atoms. The van der Waals surface area contributed by atoms with Crippen molar-refractivity contribution in [3.05, 3.63) is 59.8 Å². The number of carbonyl (C=O) groups excluding carboxylic acids is 1. The number of carboxylic acids is 1. The Morgan fingerprint density at radius 2 is 1.91 bits per heavy atom. The summed E-state index contributed by atoms with van der Waals surface area (Å²) in [6.07, 6.45) is 1.51. The second-order valence-corrected chi connectivity index (χ2v) is 5.25. The molecule has 1 aromatic carbocycles. The van der Waals surface area contributed by atoms with E-state index in [9.17, 15) is 14.7 Å². The molecule has 1 unspecified atom stereocenters. The third-order valence-electron chi connectivity index (χ3n) is 3.69. The van der Waals surface area contributed by atoms with Crippen molar-refractivity contribution in [2.75, 3.05) is 13.7 Å². The van der Waals surface area contributed by atoms with Crippen molar-refractivity contribution >= 4 is 11.9 Å². The molecule has 2 aromatic rings. The lowest BCUT2D eigenvalue weighted by molar-refractivity contribution is -0.142. The number of carboxylic acid groups (broad SMARTS) is 1. The number of aliphatic carboxylic acids is 1. The van der Waals surface area contributed by atoms with Crippen molar-refractivity contribution in [2.45, 2.75) is 12.3 Å². The summed E-state index contributed by atoms with van der Waals surface area (Å²) in [5.74, 6) is -1.25. The highest BCUT2D eigenvalue weighted by atomic mass is 16.5. The number of amides is 1. The van der Waals surface area contributed by atoms with Crippen LogP contribution in [0.3, 0.4) is 0 Å². The number of hydrogen-bond acceptors (Lipinski definition) is 4. The van der Waals surface area contributed by atoms with Crippen molar-refractivity contribution in [2.24, 2.45) is 0 Å². The first-order valence-electron chi connectivity index (χ1n) is 7.05. The van der Waals surface area contributed by atoms with Crippen LogP contribution in [0.2, 0.25) is 0 Å². The van der Waals surface area contributed by atoms with Gasteiger partial charge in [0.2, 0.25) is 5.88 Å². The molecule has 0 radical (unpaired) electrons. The number of nitrogens with zero attached hydrogens (tertiary/aromatic N) is 1. The number of carbonyl (C=O) groups is 2. The SMILES string of the molecule is COc1ncccc1C(=O)NCC(C)(C(=O)O)c1ccccc1. The highest BCUT2D eigenvalue weighted by Gasteiger charge is 2.35. The Morgan fingerprint density at radius 3 is 2.52 bits per heavy atom. The van der Waals surface area contributed by atoms with Crippen molar-refractivity contribution in [1.82, 2.24) is 10.3 Å². The molecule has 0 aliphatic carbocycles. The summed E-state index contributed by atoms with van der Waals surface area (Å²) in [6.45, 7) is 1.52. The summed E-state index contributed by atoms with van der Waals surface area (Å²) in [4.78, 5) is 28.0. The maximum Gasteiger partial charge on any atom is 0.315 e. The molecule has 0 saturated carbocycles. The van der Waals surface area contributed by atoms with Crippen LogP contribution in [-0.4, -0.2) is 35.6 Å². The van der Waals surface area contributed by atoms with Gasteiger partial charge in [-0.15, -0.1) is 0 Å². The summed E-state index contributed by atoms with van der Waals surface area (Å²) < 4.78 is 5.04. The van der Waals surface area contributed by atoms with Gasteiger partial charge in [-0.05, 0) is 24.6 Å². The summed E-state index contributed by atoms with van der Waals surface area (Å²) in [6, 6.07) is 12.0. The average molecular weight is 314 g/mol. The monoisotopic (exact) mass is 314 g/mol. The van der Waals surface area contributed by atoms with E-state index in [0.29, 0.717) is 5.56 Å². The van der Waals surface area contributed by atoms with Crippen LogP contribution in [0, 0.1) is 0 Å².